The summed E-state index contributed by atoms with van der Waals surface area (Å²) in [4.78, 5) is 14.5. The van der Waals surface area contributed by atoms with E-state index < -0.39 is 0 Å². The highest BCUT2D eigenvalue weighted by Crippen LogP contribution is 2.27. The van der Waals surface area contributed by atoms with Gasteiger partial charge in [0.1, 0.15) is 0 Å². The van der Waals surface area contributed by atoms with Crippen LogP contribution in [-0.4, -0.2) is 36.0 Å². The van der Waals surface area contributed by atoms with Crippen LogP contribution in [0.4, 0.5) is 0 Å². The fraction of sp³-hybridized carbons (Fsp3) is 0.933. The van der Waals surface area contributed by atoms with Gasteiger partial charge in [-0.2, -0.15) is 0 Å². The van der Waals surface area contributed by atoms with Gasteiger partial charge in [-0.3, -0.25) is 4.79 Å². The summed E-state index contributed by atoms with van der Waals surface area (Å²) in [5.74, 6) is 1.19. The molecule has 1 heterocycles. The van der Waals surface area contributed by atoms with Crippen molar-refractivity contribution in [3.05, 3.63) is 0 Å². The fourth-order valence-corrected chi connectivity index (χ4v) is 3.56. The minimum atomic E-state index is 0.354. The van der Waals surface area contributed by atoms with E-state index in [4.69, 9.17) is 0 Å². The van der Waals surface area contributed by atoms with Crippen molar-refractivity contribution in [1.29, 1.82) is 0 Å². The molecule has 1 saturated carbocycles. The molecule has 1 aliphatic carbocycles. The molecule has 0 aromatic heterocycles. The summed E-state index contributed by atoms with van der Waals surface area (Å²) in [7, 11) is 0. The normalized spacial score (nSPS) is 30.4. The molecule has 1 aliphatic heterocycles. The zero-order valence-electron chi connectivity index (χ0n) is 12.0. The minimum Gasteiger partial charge on any atom is -0.335 e. The molecular formula is C15H28N2O. The number of nitrogens with zero attached hydrogens (tertiary/aromatic N) is 1. The molecule has 0 aromatic carbocycles. The second-order valence-electron chi connectivity index (χ2n) is 6.20. The van der Waals surface area contributed by atoms with Gasteiger partial charge in [0.2, 0.25) is 5.91 Å². The predicted molar refractivity (Wildman–Crippen MR) is 74.4 cm³/mol. The molecule has 104 valence electrons. The second-order valence-corrected chi connectivity index (χ2v) is 6.20. The highest BCUT2D eigenvalue weighted by Gasteiger charge is 2.28. The third kappa shape index (κ3) is 3.47. The predicted octanol–water partition coefficient (Wildman–Crippen LogP) is 2.56. The molecular weight excluding hydrogens is 224 g/mol. The van der Waals surface area contributed by atoms with Crippen molar-refractivity contribution in [2.45, 2.75) is 70.9 Å². The van der Waals surface area contributed by atoms with Crippen molar-refractivity contribution in [2.75, 3.05) is 13.1 Å². The topological polar surface area (TPSA) is 32.3 Å². The Morgan fingerprint density at radius 2 is 1.72 bits per heavy atom. The smallest absolute Gasteiger partial charge is 0.223 e. The summed E-state index contributed by atoms with van der Waals surface area (Å²) in [5, 5.41) is 3.38. The molecule has 1 N–H and O–H groups in total. The van der Waals surface area contributed by atoms with Gasteiger partial charge in [0.05, 0.1) is 0 Å². The number of rotatable bonds is 3. The lowest BCUT2D eigenvalue weighted by atomic mass is 9.86. The van der Waals surface area contributed by atoms with E-state index >= 15 is 0 Å². The largest absolute Gasteiger partial charge is 0.335 e. The van der Waals surface area contributed by atoms with E-state index in [1.165, 1.54) is 32.1 Å². The SMILES string of the molecule is CC1CNCC(C)N1C(=O)CCC1CCCCC1. The quantitative estimate of drug-likeness (QED) is 0.837. The fourth-order valence-electron chi connectivity index (χ4n) is 3.56. The Hall–Kier alpha value is -0.570. The molecule has 0 bridgehead atoms. The van der Waals surface area contributed by atoms with Crippen LogP contribution in [0.5, 0.6) is 0 Å². The highest BCUT2D eigenvalue weighted by molar-refractivity contribution is 5.77. The molecule has 2 atom stereocenters. The number of nitrogens with one attached hydrogen (secondary N) is 1. The molecule has 3 nitrogen and oxygen atoms in total. The van der Waals surface area contributed by atoms with Crippen molar-refractivity contribution in [1.82, 2.24) is 10.2 Å². The van der Waals surface area contributed by atoms with Crippen molar-refractivity contribution >= 4 is 5.91 Å². The van der Waals surface area contributed by atoms with E-state index in [-0.39, 0.29) is 0 Å². The summed E-state index contributed by atoms with van der Waals surface area (Å²) >= 11 is 0. The van der Waals surface area contributed by atoms with E-state index in [0.717, 1.165) is 31.8 Å². The van der Waals surface area contributed by atoms with Crippen molar-refractivity contribution in [3.63, 3.8) is 0 Å². The number of hydrogen-bond donors (Lipinski definition) is 1. The molecule has 0 spiro atoms. The molecule has 0 radical (unpaired) electrons. The molecule has 18 heavy (non-hydrogen) atoms. The van der Waals surface area contributed by atoms with E-state index in [1.54, 1.807) is 0 Å². The molecule has 1 amide bonds. The molecule has 2 aliphatic rings. The lowest BCUT2D eigenvalue weighted by Gasteiger charge is -2.40. The first kappa shape index (κ1) is 13.9. The molecule has 2 unspecified atom stereocenters. The van der Waals surface area contributed by atoms with Gasteiger partial charge in [-0.1, -0.05) is 32.1 Å². The van der Waals surface area contributed by atoms with Crippen LogP contribution in [0.2, 0.25) is 0 Å². The van der Waals surface area contributed by atoms with Gasteiger partial charge in [-0.15, -0.1) is 0 Å². The van der Waals surface area contributed by atoms with Gasteiger partial charge in [0.15, 0.2) is 0 Å². The Bertz CT molecular complexity index is 264. The monoisotopic (exact) mass is 252 g/mol. The van der Waals surface area contributed by atoms with Crippen LogP contribution in [0.15, 0.2) is 0 Å². The third-order valence-corrected chi connectivity index (χ3v) is 4.61. The number of hydrogen-bond acceptors (Lipinski definition) is 2. The van der Waals surface area contributed by atoms with Crippen LogP contribution in [0, 0.1) is 5.92 Å². The van der Waals surface area contributed by atoms with Crippen LogP contribution >= 0.6 is 0 Å². The number of piperazine rings is 1. The van der Waals surface area contributed by atoms with E-state index in [0.29, 0.717) is 18.0 Å². The van der Waals surface area contributed by atoms with Crippen LogP contribution in [0.3, 0.4) is 0 Å². The first-order chi connectivity index (χ1) is 8.68. The van der Waals surface area contributed by atoms with Crippen LogP contribution < -0.4 is 5.32 Å². The van der Waals surface area contributed by atoms with Crippen molar-refractivity contribution < 1.29 is 4.79 Å². The summed E-state index contributed by atoms with van der Waals surface area (Å²) in [6.07, 6.45) is 8.72. The van der Waals surface area contributed by atoms with Crippen molar-refractivity contribution in [2.24, 2.45) is 5.92 Å². The van der Waals surface area contributed by atoms with Gasteiger partial charge in [-0.25, -0.2) is 0 Å². The average Bonchev–Trinajstić information content (AvgIpc) is 2.37. The maximum Gasteiger partial charge on any atom is 0.223 e. The van der Waals surface area contributed by atoms with Gasteiger partial charge in [0, 0.05) is 31.6 Å². The maximum atomic E-state index is 12.4. The second kappa shape index (κ2) is 6.55. The summed E-state index contributed by atoms with van der Waals surface area (Å²) in [5.41, 5.74) is 0. The maximum absolute atomic E-state index is 12.4. The number of amides is 1. The van der Waals surface area contributed by atoms with E-state index in [2.05, 4.69) is 24.1 Å². The van der Waals surface area contributed by atoms with E-state index in [1.807, 2.05) is 0 Å². The first-order valence-electron chi connectivity index (χ1n) is 7.70. The Kier molecular flexibility index (Phi) is 5.04. The van der Waals surface area contributed by atoms with Gasteiger partial charge >= 0.3 is 0 Å². The number of carbonyl (C=O) groups excluding carboxylic acids is 1. The molecule has 0 aromatic rings. The zero-order valence-corrected chi connectivity index (χ0v) is 12.0. The lowest BCUT2D eigenvalue weighted by Crippen LogP contribution is -2.57. The standard InChI is InChI=1S/C15H28N2O/c1-12-10-16-11-13(2)17(12)15(18)9-8-14-6-4-3-5-7-14/h12-14,16H,3-11H2,1-2H3. The Labute approximate surface area is 111 Å². The molecule has 2 fully saturated rings. The third-order valence-electron chi connectivity index (χ3n) is 4.61. The molecule has 3 heteroatoms. The summed E-state index contributed by atoms with van der Waals surface area (Å²) in [6.45, 7) is 6.20. The van der Waals surface area contributed by atoms with E-state index in [9.17, 15) is 4.79 Å². The summed E-state index contributed by atoms with van der Waals surface area (Å²) < 4.78 is 0. The van der Waals surface area contributed by atoms with Gasteiger partial charge in [0.25, 0.3) is 0 Å². The Morgan fingerprint density at radius 1 is 1.11 bits per heavy atom. The first-order valence-corrected chi connectivity index (χ1v) is 7.70. The molecule has 1 saturated heterocycles. The van der Waals surface area contributed by atoms with Crippen LogP contribution in [-0.2, 0) is 4.79 Å². The number of carbonyl (C=O) groups is 1. The van der Waals surface area contributed by atoms with Crippen LogP contribution in [0.25, 0.3) is 0 Å². The summed E-state index contributed by atoms with van der Waals surface area (Å²) in [6, 6.07) is 0.709. The van der Waals surface area contributed by atoms with Gasteiger partial charge in [-0.05, 0) is 26.2 Å². The lowest BCUT2D eigenvalue weighted by molar-refractivity contribution is -0.137. The highest BCUT2D eigenvalue weighted by atomic mass is 16.2. The molecule has 2 rings (SSSR count). The van der Waals surface area contributed by atoms with Crippen LogP contribution in [0.1, 0.15) is 58.8 Å². The Morgan fingerprint density at radius 3 is 2.33 bits per heavy atom. The minimum absolute atomic E-state index is 0.354. The Balaban J connectivity index is 1.79. The average molecular weight is 252 g/mol. The van der Waals surface area contributed by atoms with Crippen molar-refractivity contribution in [3.8, 4) is 0 Å². The van der Waals surface area contributed by atoms with Gasteiger partial charge < -0.3 is 10.2 Å². The zero-order chi connectivity index (χ0) is 13.0.